The van der Waals surface area contributed by atoms with E-state index in [4.69, 9.17) is 0 Å². The van der Waals surface area contributed by atoms with E-state index in [0.717, 1.165) is 13.2 Å². The molecular weight excluding hydrogens is 356 g/mol. The first-order valence-electron chi connectivity index (χ1n) is 7.72. The number of carbonyl (C=O) groups is 3. The Morgan fingerprint density at radius 1 is 1.22 bits per heavy atom. The van der Waals surface area contributed by atoms with Crippen LogP contribution < -0.4 is 5.32 Å². The molecule has 2 N–H and O–H groups in total. The number of benzene rings is 2. The first-order valence-corrected chi connectivity index (χ1v) is 7.72. The van der Waals surface area contributed by atoms with Gasteiger partial charge in [-0.05, 0) is 24.3 Å². The van der Waals surface area contributed by atoms with Crippen molar-refractivity contribution in [3.05, 3.63) is 69.8 Å². The third kappa shape index (κ3) is 4.15. The average Bonchev–Trinajstić information content (AvgIpc) is 2.67. The highest BCUT2D eigenvalue weighted by atomic mass is 16.6. The van der Waals surface area contributed by atoms with Crippen molar-refractivity contribution in [3.63, 3.8) is 0 Å². The first-order chi connectivity index (χ1) is 12.8. The van der Waals surface area contributed by atoms with Crippen molar-refractivity contribution in [1.29, 1.82) is 0 Å². The third-order valence-corrected chi connectivity index (χ3v) is 3.86. The molecule has 1 amide bonds. The van der Waals surface area contributed by atoms with Crippen molar-refractivity contribution in [3.8, 4) is 0 Å². The van der Waals surface area contributed by atoms with Crippen molar-refractivity contribution in [2.75, 3.05) is 12.4 Å². The molecule has 9 heteroatoms. The second-order valence-electron chi connectivity index (χ2n) is 5.55. The van der Waals surface area contributed by atoms with Gasteiger partial charge in [-0.15, -0.1) is 0 Å². The summed E-state index contributed by atoms with van der Waals surface area (Å²) in [6.45, 7) is 0. The monoisotopic (exact) mass is 372 g/mol. The summed E-state index contributed by atoms with van der Waals surface area (Å²) in [7, 11) is 1.05. The molecule has 0 spiro atoms. The number of para-hydroxylation sites is 2. The van der Waals surface area contributed by atoms with Gasteiger partial charge in [0.1, 0.15) is 0 Å². The maximum Gasteiger partial charge on any atom is 0.309 e. The molecule has 0 aromatic heterocycles. The zero-order valence-corrected chi connectivity index (χ0v) is 14.2. The van der Waals surface area contributed by atoms with Crippen LogP contribution >= 0.6 is 0 Å². The van der Waals surface area contributed by atoms with E-state index in [2.05, 4.69) is 10.1 Å². The van der Waals surface area contributed by atoms with Gasteiger partial charge in [0.2, 0.25) is 0 Å². The largest absolute Gasteiger partial charge is 0.469 e. The van der Waals surface area contributed by atoms with E-state index in [1.807, 2.05) is 0 Å². The summed E-state index contributed by atoms with van der Waals surface area (Å²) in [5, 5.41) is 24.9. The molecule has 0 fully saturated rings. The van der Waals surface area contributed by atoms with Crippen molar-refractivity contribution in [2.45, 2.75) is 12.0 Å². The third-order valence-electron chi connectivity index (χ3n) is 3.86. The molecule has 2 aromatic carbocycles. The van der Waals surface area contributed by atoms with Gasteiger partial charge in [0.05, 0.1) is 29.6 Å². The Balaban J connectivity index is 2.61. The number of nitro benzene ring substituents is 1. The van der Waals surface area contributed by atoms with Gasteiger partial charge >= 0.3 is 5.97 Å². The second-order valence-corrected chi connectivity index (χ2v) is 5.55. The Morgan fingerprint density at radius 2 is 1.89 bits per heavy atom. The van der Waals surface area contributed by atoms with Gasteiger partial charge in [-0.25, -0.2) is 0 Å². The lowest BCUT2D eigenvalue weighted by Crippen LogP contribution is -2.43. The molecule has 2 aromatic rings. The number of aldehydes is 1. The van der Waals surface area contributed by atoms with Gasteiger partial charge in [0, 0.05) is 5.69 Å². The van der Waals surface area contributed by atoms with E-state index >= 15 is 0 Å². The zero-order valence-electron chi connectivity index (χ0n) is 14.2. The van der Waals surface area contributed by atoms with Crippen LogP contribution in [0, 0.1) is 10.1 Å². The van der Waals surface area contributed by atoms with Crippen LogP contribution in [0.4, 0.5) is 11.4 Å². The molecule has 0 bridgehead atoms. The SMILES string of the molecule is COC(=O)CC(O)(C(=O)Nc1ccccc1)c1cccc(C=O)c1[N+](=O)[O-]. The number of methoxy groups -OCH3 is 1. The smallest absolute Gasteiger partial charge is 0.309 e. The lowest BCUT2D eigenvalue weighted by Gasteiger charge is -2.26. The number of esters is 1. The molecule has 0 saturated heterocycles. The summed E-state index contributed by atoms with van der Waals surface area (Å²) in [6, 6.07) is 11.6. The number of aliphatic hydroxyl groups is 1. The van der Waals surface area contributed by atoms with Crippen LogP contribution in [-0.4, -0.2) is 35.3 Å². The van der Waals surface area contributed by atoms with E-state index in [1.54, 1.807) is 18.2 Å². The minimum Gasteiger partial charge on any atom is -0.469 e. The zero-order chi connectivity index (χ0) is 20.0. The number of amides is 1. The fourth-order valence-electron chi connectivity index (χ4n) is 2.53. The summed E-state index contributed by atoms with van der Waals surface area (Å²) in [6.07, 6.45) is -0.652. The topological polar surface area (TPSA) is 136 Å². The lowest BCUT2D eigenvalue weighted by molar-refractivity contribution is -0.386. The van der Waals surface area contributed by atoms with E-state index in [1.165, 1.54) is 24.3 Å². The van der Waals surface area contributed by atoms with Gasteiger partial charge in [-0.3, -0.25) is 24.5 Å². The average molecular weight is 372 g/mol. The molecule has 1 unspecified atom stereocenters. The fraction of sp³-hybridized carbons (Fsp3) is 0.167. The molecule has 0 aliphatic heterocycles. The van der Waals surface area contributed by atoms with Crippen molar-refractivity contribution in [2.24, 2.45) is 0 Å². The standard InChI is InChI=1S/C18H16N2O7/c1-27-15(22)10-18(24,17(23)19-13-7-3-2-4-8-13)14-9-5-6-12(11-21)16(14)20(25)26/h2-9,11,24H,10H2,1H3,(H,19,23). The van der Waals surface area contributed by atoms with E-state index in [-0.39, 0.29) is 11.8 Å². The number of rotatable bonds is 7. The Morgan fingerprint density at radius 3 is 2.44 bits per heavy atom. The summed E-state index contributed by atoms with van der Waals surface area (Å²) in [5.41, 5.74) is -3.92. The normalized spacial score (nSPS) is 12.5. The number of hydrogen-bond donors (Lipinski definition) is 2. The molecule has 0 aliphatic rings. The van der Waals surface area contributed by atoms with Gasteiger partial charge < -0.3 is 15.2 Å². The molecule has 9 nitrogen and oxygen atoms in total. The Bertz CT molecular complexity index is 883. The van der Waals surface area contributed by atoms with Crippen molar-refractivity contribution < 1.29 is 29.2 Å². The van der Waals surface area contributed by atoms with E-state index in [0.29, 0.717) is 5.69 Å². The molecule has 27 heavy (non-hydrogen) atoms. The summed E-state index contributed by atoms with van der Waals surface area (Å²) in [5.74, 6) is -2.04. The number of carbonyl (C=O) groups excluding carboxylic acids is 3. The second kappa shape index (κ2) is 8.19. The number of nitrogens with zero attached hydrogens (tertiary/aromatic N) is 1. The number of nitro groups is 1. The van der Waals surface area contributed by atoms with Crippen LogP contribution in [-0.2, 0) is 19.9 Å². The van der Waals surface area contributed by atoms with Gasteiger partial charge in [0.25, 0.3) is 11.6 Å². The van der Waals surface area contributed by atoms with Crippen LogP contribution in [0.2, 0.25) is 0 Å². The Hall–Kier alpha value is -3.59. The number of nitrogens with one attached hydrogen (secondary N) is 1. The number of ether oxygens (including phenoxy) is 1. The molecule has 0 heterocycles. The quantitative estimate of drug-likeness (QED) is 0.327. The maximum absolute atomic E-state index is 12.8. The van der Waals surface area contributed by atoms with E-state index in [9.17, 15) is 29.6 Å². The van der Waals surface area contributed by atoms with Gasteiger partial charge in [0.15, 0.2) is 11.9 Å². The molecular formula is C18H16N2O7. The minimum atomic E-state index is -2.63. The highest BCUT2D eigenvalue weighted by Crippen LogP contribution is 2.36. The fourth-order valence-corrected chi connectivity index (χ4v) is 2.53. The van der Waals surface area contributed by atoms with E-state index < -0.39 is 40.1 Å². The van der Waals surface area contributed by atoms with Crippen molar-refractivity contribution in [1.82, 2.24) is 0 Å². The van der Waals surface area contributed by atoms with Gasteiger partial charge in [-0.1, -0.05) is 24.3 Å². The predicted octanol–water partition coefficient (Wildman–Crippen LogP) is 1.80. The molecule has 2 rings (SSSR count). The van der Waals surface area contributed by atoms with Crippen LogP contribution in [0.1, 0.15) is 22.3 Å². The first kappa shape index (κ1) is 19.7. The molecule has 0 saturated carbocycles. The Kier molecular flexibility index (Phi) is 5.99. The van der Waals surface area contributed by atoms with Gasteiger partial charge in [-0.2, -0.15) is 0 Å². The summed E-state index contributed by atoms with van der Waals surface area (Å²) < 4.78 is 4.51. The maximum atomic E-state index is 12.8. The van der Waals surface area contributed by atoms with Crippen LogP contribution in [0.3, 0.4) is 0 Å². The predicted molar refractivity (Wildman–Crippen MR) is 94.1 cm³/mol. The molecule has 140 valence electrons. The van der Waals surface area contributed by atoms with Crippen molar-refractivity contribution >= 4 is 29.5 Å². The Labute approximate surface area is 153 Å². The lowest BCUT2D eigenvalue weighted by atomic mass is 9.86. The van der Waals surface area contributed by atoms with Crippen LogP contribution in [0.25, 0.3) is 0 Å². The molecule has 1 atom stereocenters. The summed E-state index contributed by atoms with van der Waals surface area (Å²) in [4.78, 5) is 46.3. The minimum absolute atomic E-state index is 0.231. The highest BCUT2D eigenvalue weighted by Gasteiger charge is 2.46. The molecule has 0 aliphatic carbocycles. The van der Waals surface area contributed by atoms with Crippen LogP contribution in [0.15, 0.2) is 48.5 Å². The number of anilines is 1. The molecule has 0 radical (unpaired) electrons. The van der Waals surface area contributed by atoms with Crippen LogP contribution in [0.5, 0.6) is 0 Å². The number of hydrogen-bond acceptors (Lipinski definition) is 7. The highest BCUT2D eigenvalue weighted by molar-refractivity contribution is 6.01. The summed E-state index contributed by atoms with van der Waals surface area (Å²) >= 11 is 0.